The first-order chi connectivity index (χ1) is 9.45. The van der Waals surface area contributed by atoms with E-state index in [1.54, 1.807) is 29.8 Å². The van der Waals surface area contributed by atoms with Gasteiger partial charge < -0.3 is 0 Å². The Morgan fingerprint density at radius 3 is 2.65 bits per heavy atom. The second-order valence-corrected chi connectivity index (χ2v) is 6.06. The third-order valence-corrected chi connectivity index (χ3v) is 4.56. The third kappa shape index (κ3) is 2.88. The molecule has 0 spiro atoms. The van der Waals surface area contributed by atoms with Crippen molar-refractivity contribution in [2.75, 3.05) is 0 Å². The molecule has 0 aliphatic heterocycles. The van der Waals surface area contributed by atoms with Gasteiger partial charge in [0.15, 0.2) is 0 Å². The third-order valence-electron chi connectivity index (χ3n) is 3.06. The lowest BCUT2D eigenvalue weighted by Crippen LogP contribution is -2.24. The van der Waals surface area contributed by atoms with E-state index in [1.165, 1.54) is 12.3 Å². The summed E-state index contributed by atoms with van der Waals surface area (Å²) in [5.41, 5.74) is 0.866. The van der Waals surface area contributed by atoms with E-state index in [2.05, 4.69) is 9.82 Å². The highest BCUT2D eigenvalue weighted by Gasteiger charge is 2.20. The molecule has 0 fully saturated rings. The number of halogens is 1. The first kappa shape index (κ1) is 14.7. The van der Waals surface area contributed by atoms with Crippen LogP contribution in [-0.2, 0) is 23.1 Å². The molecule has 1 aromatic carbocycles. The Balaban J connectivity index is 2.20. The van der Waals surface area contributed by atoms with Crippen molar-refractivity contribution in [3.8, 4) is 0 Å². The summed E-state index contributed by atoms with van der Waals surface area (Å²) in [6, 6.07) is 6.06. The molecular weight excluding hydrogens is 281 g/mol. The number of aryl methyl sites for hydroxylation is 1. The molecule has 0 saturated heterocycles. The number of hydrogen-bond donors (Lipinski definition) is 1. The molecule has 0 aliphatic carbocycles. The fourth-order valence-corrected chi connectivity index (χ4v) is 3.09. The van der Waals surface area contributed by atoms with Crippen LogP contribution >= 0.6 is 0 Å². The predicted molar refractivity (Wildman–Crippen MR) is 73.1 cm³/mol. The van der Waals surface area contributed by atoms with Gasteiger partial charge in [0.2, 0.25) is 10.0 Å². The standard InChI is InChI=1S/C13H16FN3O2S/c1-3-17-10(2)13(9-15-17)20(18,19)16-8-11-6-4-5-7-12(11)14/h4-7,9,16H,3,8H2,1-2H3. The smallest absolute Gasteiger partial charge is 0.244 e. The van der Waals surface area contributed by atoms with Crippen molar-refractivity contribution in [3.63, 3.8) is 0 Å². The number of hydrogen-bond acceptors (Lipinski definition) is 3. The number of rotatable bonds is 5. The summed E-state index contributed by atoms with van der Waals surface area (Å²) in [5, 5.41) is 4.00. The molecule has 5 nitrogen and oxygen atoms in total. The Morgan fingerprint density at radius 2 is 2.05 bits per heavy atom. The summed E-state index contributed by atoms with van der Waals surface area (Å²) in [6.07, 6.45) is 1.31. The van der Waals surface area contributed by atoms with Crippen LogP contribution < -0.4 is 4.72 Å². The Morgan fingerprint density at radius 1 is 1.35 bits per heavy atom. The topological polar surface area (TPSA) is 64.0 Å². The average Bonchev–Trinajstić information content (AvgIpc) is 2.79. The van der Waals surface area contributed by atoms with Crippen LogP contribution in [0.1, 0.15) is 18.2 Å². The predicted octanol–water partition coefficient (Wildman–Crippen LogP) is 1.83. The molecule has 2 rings (SSSR count). The molecule has 20 heavy (non-hydrogen) atoms. The number of aromatic nitrogens is 2. The van der Waals surface area contributed by atoms with E-state index >= 15 is 0 Å². The first-order valence-corrected chi connectivity index (χ1v) is 7.69. The Bertz CT molecular complexity index is 710. The molecule has 1 heterocycles. The fraction of sp³-hybridized carbons (Fsp3) is 0.308. The van der Waals surface area contributed by atoms with Gasteiger partial charge in [0.25, 0.3) is 0 Å². The summed E-state index contributed by atoms with van der Waals surface area (Å²) in [6.45, 7) is 4.07. The van der Waals surface area contributed by atoms with Gasteiger partial charge in [0.05, 0.1) is 11.9 Å². The molecule has 0 radical (unpaired) electrons. The van der Waals surface area contributed by atoms with E-state index in [-0.39, 0.29) is 11.4 Å². The molecule has 0 unspecified atom stereocenters. The molecule has 2 aromatic rings. The highest BCUT2D eigenvalue weighted by molar-refractivity contribution is 7.89. The number of benzene rings is 1. The van der Waals surface area contributed by atoms with Crippen LogP contribution in [0, 0.1) is 12.7 Å². The van der Waals surface area contributed by atoms with E-state index in [1.807, 2.05) is 6.92 Å². The monoisotopic (exact) mass is 297 g/mol. The van der Waals surface area contributed by atoms with Gasteiger partial charge >= 0.3 is 0 Å². The van der Waals surface area contributed by atoms with Gasteiger partial charge in [-0.25, -0.2) is 17.5 Å². The Labute approximate surface area is 117 Å². The van der Waals surface area contributed by atoms with Crippen molar-refractivity contribution >= 4 is 10.0 Å². The van der Waals surface area contributed by atoms with Crippen LogP contribution in [-0.4, -0.2) is 18.2 Å². The van der Waals surface area contributed by atoms with E-state index in [4.69, 9.17) is 0 Å². The SMILES string of the molecule is CCn1ncc(S(=O)(=O)NCc2ccccc2F)c1C. The molecule has 7 heteroatoms. The maximum atomic E-state index is 13.5. The van der Waals surface area contributed by atoms with Gasteiger partial charge in [0.1, 0.15) is 10.7 Å². The maximum Gasteiger partial charge on any atom is 0.244 e. The zero-order valence-electron chi connectivity index (χ0n) is 11.3. The molecule has 1 N–H and O–H groups in total. The van der Waals surface area contributed by atoms with E-state index in [0.717, 1.165) is 0 Å². The minimum absolute atomic E-state index is 0.0915. The van der Waals surface area contributed by atoms with Gasteiger partial charge in [-0.05, 0) is 19.9 Å². The van der Waals surface area contributed by atoms with Gasteiger partial charge in [-0.3, -0.25) is 4.68 Å². The van der Waals surface area contributed by atoms with Crippen molar-refractivity contribution in [3.05, 3.63) is 47.5 Å². The number of nitrogens with one attached hydrogen (secondary N) is 1. The van der Waals surface area contributed by atoms with Crippen molar-refractivity contribution in [2.45, 2.75) is 31.8 Å². The van der Waals surface area contributed by atoms with E-state index in [0.29, 0.717) is 17.8 Å². The molecule has 0 atom stereocenters. The molecule has 0 aliphatic rings. The highest BCUT2D eigenvalue weighted by atomic mass is 32.2. The molecule has 0 saturated carbocycles. The quantitative estimate of drug-likeness (QED) is 0.915. The van der Waals surface area contributed by atoms with Crippen LogP contribution in [0.5, 0.6) is 0 Å². The van der Waals surface area contributed by atoms with Crippen LogP contribution in [0.2, 0.25) is 0 Å². The normalized spacial score (nSPS) is 11.8. The largest absolute Gasteiger partial charge is 0.269 e. The second-order valence-electron chi connectivity index (χ2n) is 4.33. The lowest BCUT2D eigenvalue weighted by atomic mass is 10.2. The van der Waals surface area contributed by atoms with Crippen molar-refractivity contribution in [1.82, 2.24) is 14.5 Å². The second kappa shape index (κ2) is 5.72. The van der Waals surface area contributed by atoms with E-state index < -0.39 is 15.8 Å². The van der Waals surface area contributed by atoms with E-state index in [9.17, 15) is 12.8 Å². The van der Waals surface area contributed by atoms with Crippen LogP contribution in [0.15, 0.2) is 35.4 Å². The summed E-state index contributed by atoms with van der Waals surface area (Å²) in [7, 11) is -3.70. The average molecular weight is 297 g/mol. The minimum atomic E-state index is -3.70. The number of sulfonamides is 1. The summed E-state index contributed by atoms with van der Waals surface area (Å²) in [4.78, 5) is 0.121. The highest BCUT2D eigenvalue weighted by Crippen LogP contribution is 2.15. The number of nitrogens with zero attached hydrogens (tertiary/aromatic N) is 2. The zero-order chi connectivity index (χ0) is 14.8. The van der Waals surface area contributed by atoms with Gasteiger partial charge in [-0.1, -0.05) is 18.2 Å². The van der Waals surface area contributed by atoms with Crippen LogP contribution in [0.3, 0.4) is 0 Å². The fourth-order valence-electron chi connectivity index (χ4n) is 1.90. The maximum absolute atomic E-state index is 13.5. The lowest BCUT2D eigenvalue weighted by Gasteiger charge is -2.07. The van der Waals surface area contributed by atoms with Crippen molar-refractivity contribution in [1.29, 1.82) is 0 Å². The first-order valence-electron chi connectivity index (χ1n) is 6.21. The molecule has 108 valence electrons. The minimum Gasteiger partial charge on any atom is -0.269 e. The lowest BCUT2D eigenvalue weighted by molar-refractivity contribution is 0.572. The Kier molecular flexibility index (Phi) is 4.20. The van der Waals surface area contributed by atoms with Gasteiger partial charge in [-0.15, -0.1) is 0 Å². The van der Waals surface area contributed by atoms with Gasteiger partial charge in [0, 0.05) is 18.7 Å². The summed E-state index contributed by atoms with van der Waals surface area (Å²) in [5.74, 6) is -0.434. The Hall–Kier alpha value is -1.73. The summed E-state index contributed by atoms with van der Waals surface area (Å²) < 4.78 is 41.8. The van der Waals surface area contributed by atoms with Crippen molar-refractivity contribution in [2.24, 2.45) is 0 Å². The zero-order valence-corrected chi connectivity index (χ0v) is 12.1. The van der Waals surface area contributed by atoms with Gasteiger partial charge in [-0.2, -0.15) is 5.10 Å². The van der Waals surface area contributed by atoms with Crippen molar-refractivity contribution < 1.29 is 12.8 Å². The molecule has 1 aromatic heterocycles. The molecule has 0 bridgehead atoms. The van der Waals surface area contributed by atoms with Crippen LogP contribution in [0.25, 0.3) is 0 Å². The van der Waals surface area contributed by atoms with Crippen LogP contribution in [0.4, 0.5) is 4.39 Å². The summed E-state index contributed by atoms with van der Waals surface area (Å²) >= 11 is 0. The molecular formula is C13H16FN3O2S. The molecule has 0 amide bonds.